The van der Waals surface area contributed by atoms with E-state index in [4.69, 9.17) is 11.6 Å². The molecule has 0 unspecified atom stereocenters. The molecule has 1 aromatic carbocycles. The lowest BCUT2D eigenvalue weighted by atomic mass is 10.2. The minimum atomic E-state index is -0.899. The van der Waals surface area contributed by atoms with Crippen LogP contribution in [-0.4, -0.2) is 22.0 Å². The highest BCUT2D eigenvalue weighted by Gasteiger charge is 2.05. The Morgan fingerprint density at radius 2 is 1.84 bits per heavy atom. The zero-order valence-electron chi connectivity index (χ0n) is 9.91. The van der Waals surface area contributed by atoms with Crippen LogP contribution in [-0.2, 0) is 6.54 Å². The maximum absolute atomic E-state index is 13.0. The van der Waals surface area contributed by atoms with Gasteiger partial charge in [0, 0.05) is 13.6 Å². The summed E-state index contributed by atoms with van der Waals surface area (Å²) >= 11 is 5.70. The van der Waals surface area contributed by atoms with Gasteiger partial charge in [0.15, 0.2) is 11.6 Å². The summed E-state index contributed by atoms with van der Waals surface area (Å²) in [5.41, 5.74) is 0.557. The number of hydrogen-bond acceptors (Lipinski definition) is 5. The van der Waals surface area contributed by atoms with Crippen LogP contribution >= 0.6 is 11.6 Å². The maximum atomic E-state index is 13.0. The smallest absolute Gasteiger partial charge is 0.229 e. The molecule has 0 atom stereocenters. The van der Waals surface area contributed by atoms with E-state index in [1.165, 1.54) is 6.07 Å². The lowest BCUT2D eigenvalue weighted by Gasteiger charge is -2.06. The van der Waals surface area contributed by atoms with Crippen LogP contribution in [0.3, 0.4) is 0 Å². The third kappa shape index (κ3) is 3.47. The number of benzene rings is 1. The van der Waals surface area contributed by atoms with E-state index >= 15 is 0 Å². The van der Waals surface area contributed by atoms with Crippen LogP contribution in [0.5, 0.6) is 0 Å². The summed E-state index contributed by atoms with van der Waals surface area (Å²) in [4.78, 5) is 11.7. The van der Waals surface area contributed by atoms with E-state index in [0.717, 1.165) is 12.1 Å². The van der Waals surface area contributed by atoms with Gasteiger partial charge in [-0.15, -0.1) is 0 Å². The van der Waals surface area contributed by atoms with E-state index in [1.54, 1.807) is 7.05 Å². The van der Waals surface area contributed by atoms with Crippen LogP contribution in [0, 0.1) is 11.6 Å². The van der Waals surface area contributed by atoms with Crippen molar-refractivity contribution in [2.24, 2.45) is 0 Å². The topological polar surface area (TPSA) is 62.7 Å². The fourth-order valence-corrected chi connectivity index (χ4v) is 1.53. The quantitative estimate of drug-likeness (QED) is 0.903. The summed E-state index contributed by atoms with van der Waals surface area (Å²) in [6.07, 6.45) is 0. The molecule has 0 aliphatic rings. The van der Waals surface area contributed by atoms with E-state index in [-0.39, 0.29) is 17.8 Å². The highest BCUT2D eigenvalue weighted by molar-refractivity contribution is 6.28. The molecule has 0 amide bonds. The highest BCUT2D eigenvalue weighted by Crippen LogP contribution is 2.12. The summed E-state index contributed by atoms with van der Waals surface area (Å²) in [5, 5.41) is 5.61. The first-order valence-electron chi connectivity index (χ1n) is 5.35. The van der Waals surface area contributed by atoms with Gasteiger partial charge in [-0.25, -0.2) is 8.78 Å². The molecular formula is C11H10ClF2N5. The first kappa shape index (κ1) is 13.4. The second-order valence-corrected chi connectivity index (χ2v) is 3.94. The van der Waals surface area contributed by atoms with Gasteiger partial charge >= 0.3 is 0 Å². The van der Waals surface area contributed by atoms with Crippen LogP contribution in [0.1, 0.15) is 5.56 Å². The van der Waals surface area contributed by atoms with Gasteiger partial charge in [-0.1, -0.05) is 6.07 Å². The zero-order valence-corrected chi connectivity index (χ0v) is 10.7. The highest BCUT2D eigenvalue weighted by atomic mass is 35.5. The fraction of sp³-hybridized carbons (Fsp3) is 0.182. The molecule has 19 heavy (non-hydrogen) atoms. The molecule has 2 N–H and O–H groups in total. The van der Waals surface area contributed by atoms with E-state index < -0.39 is 11.6 Å². The van der Waals surface area contributed by atoms with Crippen molar-refractivity contribution in [1.82, 2.24) is 15.0 Å². The Kier molecular flexibility index (Phi) is 4.06. The van der Waals surface area contributed by atoms with Gasteiger partial charge in [0.1, 0.15) is 0 Å². The Morgan fingerprint density at radius 1 is 1.11 bits per heavy atom. The van der Waals surface area contributed by atoms with Gasteiger partial charge in [-0.05, 0) is 29.3 Å². The summed E-state index contributed by atoms with van der Waals surface area (Å²) in [7, 11) is 1.64. The van der Waals surface area contributed by atoms with Crippen LogP contribution in [0.2, 0.25) is 5.28 Å². The Morgan fingerprint density at radius 3 is 2.53 bits per heavy atom. The summed E-state index contributed by atoms with van der Waals surface area (Å²) in [5.74, 6) is -1.23. The van der Waals surface area contributed by atoms with Gasteiger partial charge in [-0.3, -0.25) is 0 Å². The average molecular weight is 286 g/mol. The van der Waals surface area contributed by atoms with Crippen LogP contribution in [0.4, 0.5) is 20.7 Å². The number of nitrogens with one attached hydrogen (secondary N) is 2. The third-order valence-electron chi connectivity index (χ3n) is 2.27. The molecule has 2 aromatic rings. The molecule has 0 aliphatic carbocycles. The zero-order chi connectivity index (χ0) is 13.8. The Hall–Kier alpha value is -2.02. The summed E-state index contributed by atoms with van der Waals surface area (Å²) in [6.45, 7) is 0.237. The van der Waals surface area contributed by atoms with Gasteiger partial charge in [0.2, 0.25) is 17.2 Å². The first-order chi connectivity index (χ1) is 9.08. The number of halogens is 3. The van der Waals surface area contributed by atoms with Crippen LogP contribution in [0.25, 0.3) is 0 Å². The number of aromatic nitrogens is 3. The first-order valence-corrected chi connectivity index (χ1v) is 5.73. The molecule has 1 heterocycles. The molecule has 1 aromatic heterocycles. The number of nitrogens with zero attached hydrogens (tertiary/aromatic N) is 3. The normalized spacial score (nSPS) is 10.3. The molecule has 2 rings (SSSR count). The largest absolute Gasteiger partial charge is 0.357 e. The van der Waals surface area contributed by atoms with E-state index in [2.05, 4.69) is 25.6 Å². The van der Waals surface area contributed by atoms with Crippen molar-refractivity contribution < 1.29 is 8.78 Å². The predicted octanol–water partition coefficient (Wildman–Crippen LogP) is 2.46. The molecular weight excluding hydrogens is 276 g/mol. The second kappa shape index (κ2) is 5.75. The average Bonchev–Trinajstić information content (AvgIpc) is 2.39. The van der Waals surface area contributed by atoms with Crippen molar-refractivity contribution in [2.75, 3.05) is 17.7 Å². The number of anilines is 2. The van der Waals surface area contributed by atoms with Crippen molar-refractivity contribution >= 4 is 23.5 Å². The van der Waals surface area contributed by atoms with Gasteiger partial charge in [0.25, 0.3) is 0 Å². The molecule has 8 heteroatoms. The van der Waals surface area contributed by atoms with Gasteiger partial charge < -0.3 is 10.6 Å². The van der Waals surface area contributed by atoms with Crippen molar-refractivity contribution in [3.05, 3.63) is 40.7 Å². The van der Waals surface area contributed by atoms with Crippen molar-refractivity contribution in [3.8, 4) is 0 Å². The lowest BCUT2D eigenvalue weighted by Crippen LogP contribution is -2.07. The maximum Gasteiger partial charge on any atom is 0.229 e. The molecule has 0 fully saturated rings. The number of rotatable bonds is 4. The standard InChI is InChI=1S/C11H10ClF2N5/c1-15-10-17-9(12)18-11(19-10)16-5-6-2-3-7(13)8(14)4-6/h2-4H,5H2,1H3,(H2,15,16,17,18,19). The fourth-order valence-electron chi connectivity index (χ4n) is 1.37. The molecule has 0 radical (unpaired) electrons. The minimum Gasteiger partial charge on any atom is -0.357 e. The van der Waals surface area contributed by atoms with Crippen molar-refractivity contribution in [1.29, 1.82) is 0 Å². The Balaban J connectivity index is 2.09. The van der Waals surface area contributed by atoms with Gasteiger partial charge in [0.05, 0.1) is 0 Å². The van der Waals surface area contributed by atoms with E-state index in [0.29, 0.717) is 11.5 Å². The van der Waals surface area contributed by atoms with E-state index in [9.17, 15) is 8.78 Å². The number of hydrogen-bond donors (Lipinski definition) is 2. The SMILES string of the molecule is CNc1nc(Cl)nc(NCc2ccc(F)c(F)c2)n1. The monoisotopic (exact) mass is 285 g/mol. The Labute approximate surface area is 113 Å². The molecule has 0 bridgehead atoms. The molecule has 0 saturated heterocycles. The second-order valence-electron chi connectivity index (χ2n) is 3.60. The van der Waals surface area contributed by atoms with Crippen LogP contribution in [0.15, 0.2) is 18.2 Å². The van der Waals surface area contributed by atoms with Crippen LogP contribution < -0.4 is 10.6 Å². The Bertz CT molecular complexity index is 593. The molecule has 100 valence electrons. The molecule has 0 spiro atoms. The molecule has 0 aliphatic heterocycles. The predicted molar refractivity (Wildman–Crippen MR) is 68.1 cm³/mol. The van der Waals surface area contributed by atoms with Crippen molar-refractivity contribution in [2.45, 2.75) is 6.54 Å². The summed E-state index contributed by atoms with van der Waals surface area (Å²) in [6, 6.07) is 3.63. The van der Waals surface area contributed by atoms with Crippen molar-refractivity contribution in [3.63, 3.8) is 0 Å². The molecule has 0 saturated carbocycles. The third-order valence-corrected chi connectivity index (χ3v) is 2.44. The minimum absolute atomic E-state index is 0.0344. The van der Waals surface area contributed by atoms with E-state index in [1.807, 2.05) is 0 Å². The summed E-state index contributed by atoms with van der Waals surface area (Å²) < 4.78 is 25.8. The van der Waals surface area contributed by atoms with Gasteiger partial charge in [-0.2, -0.15) is 15.0 Å². The lowest BCUT2D eigenvalue weighted by molar-refractivity contribution is 0.507. The molecule has 5 nitrogen and oxygen atoms in total.